The minimum absolute atomic E-state index is 0.0757. The van der Waals surface area contributed by atoms with E-state index in [1.54, 1.807) is 0 Å². The third-order valence-electron chi connectivity index (χ3n) is 5.34. The van der Waals surface area contributed by atoms with Crippen molar-refractivity contribution in [2.24, 2.45) is 0 Å². The minimum Gasteiger partial charge on any atom is -0.479 e. The summed E-state index contributed by atoms with van der Waals surface area (Å²) in [5, 5.41) is 38.8. The number of rotatable bonds is 8. The quantitative estimate of drug-likeness (QED) is 0.198. The number of benzene rings is 2. The number of hydrogen-bond acceptors (Lipinski definition) is 11. The van der Waals surface area contributed by atoms with Gasteiger partial charge in [0.15, 0.2) is 23.3 Å². The van der Waals surface area contributed by atoms with Crippen LogP contribution in [-0.4, -0.2) is 75.1 Å². The number of ether oxygens (including phenoxy) is 2. The molecule has 1 saturated heterocycles. The van der Waals surface area contributed by atoms with Gasteiger partial charge >= 0.3 is 16.4 Å². The highest BCUT2D eigenvalue weighted by Gasteiger charge is 2.48. The maximum atomic E-state index is 14.9. The second-order valence-corrected chi connectivity index (χ2v) is 8.97. The van der Waals surface area contributed by atoms with Gasteiger partial charge in [-0.15, -0.1) is 6.58 Å². The Kier molecular flexibility index (Phi) is 7.18. The Labute approximate surface area is 207 Å². The zero-order chi connectivity index (χ0) is 27.1. The molecular weight excluding hydrogens is 521 g/mol. The molecule has 198 valence electrons. The molecule has 37 heavy (non-hydrogen) atoms. The number of aromatic nitrogens is 1. The number of oxazole rings is 1. The molecule has 0 radical (unpaired) electrons. The molecule has 2 aromatic carbocycles. The van der Waals surface area contributed by atoms with Crippen molar-refractivity contribution in [3.63, 3.8) is 0 Å². The van der Waals surface area contributed by atoms with Crippen LogP contribution in [-0.2, 0) is 26.4 Å². The SMILES string of the molecule is C=CCc1cc(OS(=O)(=O)O)cc2nc(-c3ccc(O[C@@H]4O[C@H](C(=O)O)[C@@H](O)[C@H](O)[C@H]4O)c(F)c3)oc12. The van der Waals surface area contributed by atoms with E-state index in [-0.39, 0.29) is 34.7 Å². The Balaban J connectivity index is 1.63. The third kappa shape index (κ3) is 5.56. The second kappa shape index (κ2) is 10.0. The first kappa shape index (κ1) is 26.5. The molecule has 0 spiro atoms. The van der Waals surface area contributed by atoms with Crippen molar-refractivity contribution in [2.75, 3.05) is 0 Å². The van der Waals surface area contributed by atoms with Crippen LogP contribution in [0.4, 0.5) is 4.39 Å². The predicted octanol–water partition coefficient (Wildman–Crippen LogP) is 0.815. The minimum atomic E-state index is -4.80. The van der Waals surface area contributed by atoms with E-state index in [2.05, 4.69) is 15.7 Å². The number of allylic oxidation sites excluding steroid dienone is 1. The average molecular weight is 541 g/mol. The van der Waals surface area contributed by atoms with Crippen molar-refractivity contribution in [3.05, 3.63) is 54.4 Å². The first-order valence-electron chi connectivity index (χ1n) is 10.5. The molecule has 0 amide bonds. The molecule has 13 nitrogen and oxygen atoms in total. The largest absolute Gasteiger partial charge is 0.479 e. The summed E-state index contributed by atoms with van der Waals surface area (Å²) in [6, 6.07) is 5.88. The lowest BCUT2D eigenvalue weighted by molar-refractivity contribution is -0.271. The number of aliphatic hydroxyl groups is 3. The van der Waals surface area contributed by atoms with E-state index in [0.29, 0.717) is 5.56 Å². The fraction of sp³-hybridized carbons (Fsp3) is 0.273. The third-order valence-corrected chi connectivity index (χ3v) is 5.74. The molecular formula is C22H20FNO12S. The number of fused-ring (bicyclic) bond motifs is 1. The van der Waals surface area contributed by atoms with Crippen LogP contribution in [0.2, 0.25) is 0 Å². The lowest BCUT2D eigenvalue weighted by Gasteiger charge is -2.38. The molecule has 1 aromatic heterocycles. The first-order chi connectivity index (χ1) is 17.4. The molecule has 0 bridgehead atoms. The number of carboxylic acids is 1. The normalized spacial score (nSPS) is 24.1. The summed E-state index contributed by atoms with van der Waals surface area (Å²) in [5.74, 6) is -3.41. The lowest BCUT2D eigenvalue weighted by Crippen LogP contribution is -2.61. The highest BCUT2D eigenvalue weighted by Crippen LogP contribution is 2.33. The number of nitrogens with zero attached hydrogens (tertiary/aromatic N) is 1. The van der Waals surface area contributed by atoms with Gasteiger partial charge in [-0.2, -0.15) is 8.42 Å². The summed E-state index contributed by atoms with van der Waals surface area (Å²) in [5.41, 5.74) is 0.901. The highest BCUT2D eigenvalue weighted by atomic mass is 32.3. The first-order valence-corrected chi connectivity index (χ1v) is 11.8. The number of carboxylic acid groups (broad SMARTS) is 1. The van der Waals surface area contributed by atoms with Crippen LogP contribution in [0.25, 0.3) is 22.6 Å². The van der Waals surface area contributed by atoms with Gasteiger partial charge in [-0.25, -0.2) is 14.2 Å². The summed E-state index contributed by atoms with van der Waals surface area (Å²) in [4.78, 5) is 15.4. The molecule has 0 aliphatic carbocycles. The molecule has 5 N–H and O–H groups in total. The lowest BCUT2D eigenvalue weighted by atomic mass is 9.99. The molecule has 1 aliphatic heterocycles. The topological polar surface area (TPSA) is 206 Å². The number of aliphatic hydroxyl groups excluding tert-OH is 3. The van der Waals surface area contributed by atoms with Gasteiger partial charge in [-0.05, 0) is 30.7 Å². The van der Waals surface area contributed by atoms with Gasteiger partial charge in [0.05, 0.1) is 0 Å². The molecule has 5 atom stereocenters. The highest BCUT2D eigenvalue weighted by molar-refractivity contribution is 7.81. The van der Waals surface area contributed by atoms with Gasteiger partial charge in [0.2, 0.25) is 12.2 Å². The van der Waals surface area contributed by atoms with E-state index in [0.717, 1.165) is 12.1 Å². The zero-order valence-corrected chi connectivity index (χ0v) is 19.4. The molecule has 1 fully saturated rings. The van der Waals surface area contributed by atoms with Crippen LogP contribution in [0, 0.1) is 5.82 Å². The van der Waals surface area contributed by atoms with E-state index in [4.69, 9.17) is 23.6 Å². The molecule has 0 saturated carbocycles. The van der Waals surface area contributed by atoms with Crippen LogP contribution in [0.5, 0.6) is 11.5 Å². The molecule has 15 heteroatoms. The van der Waals surface area contributed by atoms with Gasteiger partial charge in [-0.1, -0.05) is 6.08 Å². The van der Waals surface area contributed by atoms with Gasteiger partial charge in [-0.3, -0.25) is 4.55 Å². The monoisotopic (exact) mass is 541 g/mol. The van der Waals surface area contributed by atoms with E-state index < -0.39 is 58.6 Å². The van der Waals surface area contributed by atoms with E-state index >= 15 is 0 Å². The van der Waals surface area contributed by atoms with Crippen LogP contribution in [0.15, 0.2) is 47.4 Å². The summed E-state index contributed by atoms with van der Waals surface area (Å²) in [6.45, 7) is 3.61. The Bertz CT molecular complexity index is 1460. The Morgan fingerprint density at radius 1 is 1.16 bits per heavy atom. The van der Waals surface area contributed by atoms with Gasteiger partial charge < -0.3 is 38.5 Å². The molecule has 0 unspecified atom stereocenters. The van der Waals surface area contributed by atoms with Crippen molar-refractivity contribution in [2.45, 2.75) is 37.1 Å². The molecule has 4 rings (SSSR count). The van der Waals surface area contributed by atoms with Crippen LogP contribution in [0.3, 0.4) is 0 Å². The average Bonchev–Trinajstić information content (AvgIpc) is 3.23. The summed E-state index contributed by atoms with van der Waals surface area (Å²) >= 11 is 0. The summed E-state index contributed by atoms with van der Waals surface area (Å²) < 4.78 is 66.4. The number of carbonyl (C=O) groups is 1. The van der Waals surface area contributed by atoms with Gasteiger partial charge in [0, 0.05) is 17.2 Å². The molecule has 3 aromatic rings. The zero-order valence-electron chi connectivity index (χ0n) is 18.6. The van der Waals surface area contributed by atoms with Crippen LogP contribution in [0.1, 0.15) is 5.56 Å². The number of hydrogen-bond donors (Lipinski definition) is 5. The second-order valence-electron chi connectivity index (χ2n) is 7.95. The van der Waals surface area contributed by atoms with Crippen molar-refractivity contribution >= 4 is 27.5 Å². The predicted molar refractivity (Wildman–Crippen MR) is 120 cm³/mol. The van der Waals surface area contributed by atoms with E-state index in [1.165, 1.54) is 24.3 Å². The van der Waals surface area contributed by atoms with Gasteiger partial charge in [0.1, 0.15) is 29.6 Å². The van der Waals surface area contributed by atoms with E-state index in [1.807, 2.05) is 0 Å². The van der Waals surface area contributed by atoms with E-state index in [9.17, 15) is 32.9 Å². The van der Waals surface area contributed by atoms with Gasteiger partial charge in [0.25, 0.3) is 0 Å². The molecule has 2 heterocycles. The standard InChI is InChI=1S/C22H20FNO12S/c1-2-3-9-6-11(36-37(30,31)32)8-13-18(9)34-20(24-13)10-4-5-14(12(23)7-10)33-22-17(27)15(25)16(26)19(35-22)21(28)29/h2,4-8,15-17,19,22,25-27H,1,3H2,(H,28,29)(H,30,31,32)/t15-,16-,17+,19-,22+/m0/s1. The molecule has 1 aliphatic rings. The Hall–Kier alpha value is -3.60. The smallest absolute Gasteiger partial charge is 0.446 e. The number of aliphatic carboxylic acids is 1. The van der Waals surface area contributed by atoms with Crippen molar-refractivity contribution in [3.8, 4) is 23.0 Å². The van der Waals surface area contributed by atoms with Crippen molar-refractivity contribution in [1.82, 2.24) is 4.98 Å². The van der Waals surface area contributed by atoms with Crippen molar-refractivity contribution < 1.29 is 60.7 Å². The van der Waals surface area contributed by atoms with Crippen LogP contribution < -0.4 is 8.92 Å². The summed E-state index contributed by atoms with van der Waals surface area (Å²) in [7, 11) is -4.80. The maximum Gasteiger partial charge on any atom is 0.446 e. The Morgan fingerprint density at radius 3 is 2.51 bits per heavy atom. The number of halogens is 1. The maximum absolute atomic E-state index is 14.9. The summed E-state index contributed by atoms with van der Waals surface area (Å²) in [6.07, 6.45) is -7.76. The Morgan fingerprint density at radius 2 is 1.89 bits per heavy atom. The fourth-order valence-electron chi connectivity index (χ4n) is 3.68. The van der Waals surface area contributed by atoms with Crippen LogP contribution >= 0.6 is 0 Å². The fourth-order valence-corrected chi connectivity index (χ4v) is 4.02. The van der Waals surface area contributed by atoms with Crippen molar-refractivity contribution in [1.29, 1.82) is 0 Å².